The van der Waals surface area contributed by atoms with Gasteiger partial charge in [0.25, 0.3) is 0 Å². The molecule has 0 bridgehead atoms. The molecule has 2 rings (SSSR count). The molecule has 1 aliphatic rings. The van der Waals surface area contributed by atoms with Crippen molar-refractivity contribution in [2.75, 3.05) is 6.54 Å². The van der Waals surface area contributed by atoms with E-state index in [-0.39, 0.29) is 0 Å². The van der Waals surface area contributed by atoms with E-state index in [1.54, 1.807) is 0 Å². The zero-order chi connectivity index (χ0) is 9.26. The minimum Gasteiger partial charge on any atom is -0.314 e. The van der Waals surface area contributed by atoms with Crippen molar-refractivity contribution in [2.45, 2.75) is 38.8 Å². The Hall–Kier alpha value is -0.830. The molecule has 2 unspecified atom stereocenters. The zero-order valence-corrected chi connectivity index (χ0v) is 8.33. The molecule has 0 amide bonds. The van der Waals surface area contributed by atoms with Crippen LogP contribution in [-0.2, 0) is 6.54 Å². The SMILES string of the molecule is CCn1cc(C2CCNC2C)cn1. The highest BCUT2D eigenvalue weighted by molar-refractivity contribution is 5.15. The fourth-order valence-electron chi connectivity index (χ4n) is 2.06. The molecule has 1 fully saturated rings. The minimum atomic E-state index is 0.606. The lowest BCUT2D eigenvalue weighted by Gasteiger charge is -2.12. The Kier molecular flexibility index (Phi) is 2.36. The number of hydrogen-bond donors (Lipinski definition) is 1. The number of aromatic nitrogens is 2. The van der Waals surface area contributed by atoms with Crippen molar-refractivity contribution in [3.8, 4) is 0 Å². The van der Waals surface area contributed by atoms with Crippen molar-refractivity contribution in [2.24, 2.45) is 0 Å². The van der Waals surface area contributed by atoms with Crippen LogP contribution in [0.5, 0.6) is 0 Å². The van der Waals surface area contributed by atoms with E-state index in [9.17, 15) is 0 Å². The largest absolute Gasteiger partial charge is 0.314 e. The van der Waals surface area contributed by atoms with Crippen LogP contribution in [0, 0.1) is 0 Å². The fraction of sp³-hybridized carbons (Fsp3) is 0.700. The van der Waals surface area contributed by atoms with Crippen LogP contribution in [0.2, 0.25) is 0 Å². The van der Waals surface area contributed by atoms with Crippen LogP contribution in [0.4, 0.5) is 0 Å². The Labute approximate surface area is 79.1 Å². The Morgan fingerprint density at radius 2 is 2.54 bits per heavy atom. The summed E-state index contributed by atoms with van der Waals surface area (Å²) in [6, 6.07) is 0.606. The van der Waals surface area contributed by atoms with Gasteiger partial charge in [0.15, 0.2) is 0 Å². The monoisotopic (exact) mass is 179 g/mol. The number of rotatable bonds is 2. The van der Waals surface area contributed by atoms with Gasteiger partial charge in [0.1, 0.15) is 0 Å². The molecule has 1 aromatic rings. The van der Waals surface area contributed by atoms with E-state index in [0.29, 0.717) is 12.0 Å². The topological polar surface area (TPSA) is 29.9 Å². The quantitative estimate of drug-likeness (QED) is 0.743. The number of nitrogens with one attached hydrogen (secondary N) is 1. The van der Waals surface area contributed by atoms with Crippen molar-refractivity contribution in [3.05, 3.63) is 18.0 Å². The number of nitrogens with zero attached hydrogens (tertiary/aromatic N) is 2. The molecule has 2 heterocycles. The van der Waals surface area contributed by atoms with Gasteiger partial charge in [-0.3, -0.25) is 4.68 Å². The smallest absolute Gasteiger partial charge is 0.0525 e. The summed E-state index contributed by atoms with van der Waals surface area (Å²) in [4.78, 5) is 0. The van der Waals surface area contributed by atoms with E-state index in [0.717, 1.165) is 13.1 Å². The lowest BCUT2D eigenvalue weighted by molar-refractivity contribution is 0.592. The van der Waals surface area contributed by atoms with E-state index in [2.05, 4.69) is 30.5 Å². The highest BCUT2D eigenvalue weighted by Gasteiger charge is 2.25. The van der Waals surface area contributed by atoms with Crippen LogP contribution in [0.15, 0.2) is 12.4 Å². The first-order valence-electron chi connectivity index (χ1n) is 5.07. The molecule has 3 heteroatoms. The first-order valence-corrected chi connectivity index (χ1v) is 5.07. The molecule has 0 aliphatic carbocycles. The second-order valence-corrected chi connectivity index (χ2v) is 3.77. The molecule has 3 nitrogen and oxygen atoms in total. The summed E-state index contributed by atoms with van der Waals surface area (Å²) < 4.78 is 2.00. The maximum absolute atomic E-state index is 4.30. The van der Waals surface area contributed by atoms with Gasteiger partial charge in [0.2, 0.25) is 0 Å². The molecule has 13 heavy (non-hydrogen) atoms. The highest BCUT2D eigenvalue weighted by atomic mass is 15.3. The molecule has 72 valence electrons. The van der Waals surface area contributed by atoms with Crippen LogP contribution in [0.1, 0.15) is 31.7 Å². The van der Waals surface area contributed by atoms with Gasteiger partial charge < -0.3 is 5.32 Å². The third kappa shape index (κ3) is 1.61. The van der Waals surface area contributed by atoms with Gasteiger partial charge in [-0.1, -0.05) is 0 Å². The third-order valence-electron chi connectivity index (χ3n) is 2.93. The molecular formula is C10H17N3. The summed E-state index contributed by atoms with van der Waals surface area (Å²) in [6.07, 6.45) is 5.43. The predicted molar refractivity (Wildman–Crippen MR) is 52.7 cm³/mol. The van der Waals surface area contributed by atoms with Crippen LogP contribution in [-0.4, -0.2) is 22.4 Å². The lowest BCUT2D eigenvalue weighted by Crippen LogP contribution is -2.21. The summed E-state index contributed by atoms with van der Waals surface area (Å²) >= 11 is 0. The van der Waals surface area contributed by atoms with Crippen LogP contribution in [0.25, 0.3) is 0 Å². The molecule has 0 saturated carbocycles. The number of aryl methyl sites for hydroxylation is 1. The highest BCUT2D eigenvalue weighted by Crippen LogP contribution is 2.26. The second-order valence-electron chi connectivity index (χ2n) is 3.77. The van der Waals surface area contributed by atoms with Crippen molar-refractivity contribution in [1.29, 1.82) is 0 Å². The van der Waals surface area contributed by atoms with Crippen molar-refractivity contribution in [1.82, 2.24) is 15.1 Å². The van der Waals surface area contributed by atoms with E-state index >= 15 is 0 Å². The van der Waals surface area contributed by atoms with Gasteiger partial charge in [-0.25, -0.2) is 0 Å². The van der Waals surface area contributed by atoms with Gasteiger partial charge in [-0.2, -0.15) is 5.10 Å². The van der Waals surface area contributed by atoms with Crippen LogP contribution < -0.4 is 5.32 Å². The summed E-state index contributed by atoms with van der Waals surface area (Å²) in [5, 5.41) is 7.76. The Bertz CT molecular complexity index is 279. The maximum Gasteiger partial charge on any atom is 0.0525 e. The Balaban J connectivity index is 2.15. The molecule has 1 saturated heterocycles. The van der Waals surface area contributed by atoms with Gasteiger partial charge in [-0.05, 0) is 32.4 Å². The molecule has 0 aromatic carbocycles. The molecular weight excluding hydrogens is 162 g/mol. The van der Waals surface area contributed by atoms with Crippen LogP contribution in [0.3, 0.4) is 0 Å². The summed E-state index contributed by atoms with van der Waals surface area (Å²) in [7, 11) is 0. The van der Waals surface area contributed by atoms with Gasteiger partial charge in [-0.15, -0.1) is 0 Å². The number of hydrogen-bond acceptors (Lipinski definition) is 2. The van der Waals surface area contributed by atoms with Gasteiger partial charge >= 0.3 is 0 Å². The van der Waals surface area contributed by atoms with E-state index < -0.39 is 0 Å². The van der Waals surface area contributed by atoms with E-state index in [1.165, 1.54) is 12.0 Å². The molecule has 1 aromatic heterocycles. The first kappa shape index (κ1) is 8.75. The third-order valence-corrected chi connectivity index (χ3v) is 2.93. The van der Waals surface area contributed by atoms with Crippen molar-refractivity contribution < 1.29 is 0 Å². The van der Waals surface area contributed by atoms with Crippen LogP contribution >= 0.6 is 0 Å². The van der Waals surface area contributed by atoms with Crippen molar-refractivity contribution >= 4 is 0 Å². The molecule has 2 atom stereocenters. The Morgan fingerprint density at radius 1 is 1.69 bits per heavy atom. The zero-order valence-electron chi connectivity index (χ0n) is 8.33. The normalized spacial score (nSPS) is 28.2. The summed E-state index contributed by atoms with van der Waals surface area (Å²) in [6.45, 7) is 6.48. The molecule has 0 spiro atoms. The average molecular weight is 179 g/mol. The summed E-state index contributed by atoms with van der Waals surface area (Å²) in [5.74, 6) is 0.667. The van der Waals surface area contributed by atoms with Gasteiger partial charge in [0, 0.05) is 24.7 Å². The Morgan fingerprint density at radius 3 is 3.08 bits per heavy atom. The molecule has 1 N–H and O–H groups in total. The van der Waals surface area contributed by atoms with E-state index in [4.69, 9.17) is 0 Å². The fourth-order valence-corrected chi connectivity index (χ4v) is 2.06. The second kappa shape index (κ2) is 3.50. The lowest BCUT2D eigenvalue weighted by atomic mass is 9.96. The van der Waals surface area contributed by atoms with Crippen molar-refractivity contribution in [3.63, 3.8) is 0 Å². The molecule has 0 radical (unpaired) electrons. The molecule has 1 aliphatic heterocycles. The predicted octanol–water partition coefficient (Wildman–Crippen LogP) is 1.37. The van der Waals surface area contributed by atoms with E-state index in [1.807, 2.05) is 10.9 Å². The maximum atomic E-state index is 4.30. The first-order chi connectivity index (χ1) is 6.31. The minimum absolute atomic E-state index is 0.606. The standard InChI is InChI=1S/C10H17N3/c1-3-13-7-9(6-12-13)10-4-5-11-8(10)2/h6-8,10-11H,3-5H2,1-2H3. The summed E-state index contributed by atoms with van der Waals surface area (Å²) in [5.41, 5.74) is 1.39. The average Bonchev–Trinajstić information content (AvgIpc) is 2.71. The van der Waals surface area contributed by atoms with Gasteiger partial charge in [0.05, 0.1) is 6.20 Å².